The Labute approximate surface area is 130 Å². The first kappa shape index (κ1) is 15.4. The maximum absolute atomic E-state index is 11.9. The summed E-state index contributed by atoms with van der Waals surface area (Å²) < 4.78 is 0. The van der Waals surface area contributed by atoms with E-state index in [1.54, 1.807) is 0 Å². The van der Waals surface area contributed by atoms with Crippen molar-refractivity contribution in [3.63, 3.8) is 0 Å². The van der Waals surface area contributed by atoms with Gasteiger partial charge in [0.05, 0.1) is 6.54 Å². The molecule has 0 atom stereocenters. The van der Waals surface area contributed by atoms with E-state index in [4.69, 9.17) is 11.6 Å². The van der Waals surface area contributed by atoms with Gasteiger partial charge in [-0.1, -0.05) is 36.7 Å². The SMILES string of the molecule is CCc1ccc(NC(=O)CNc2cc(Cl)ccc2C)cc1. The molecule has 0 aliphatic rings. The summed E-state index contributed by atoms with van der Waals surface area (Å²) in [6.45, 7) is 4.28. The van der Waals surface area contributed by atoms with Gasteiger partial charge in [-0.3, -0.25) is 4.79 Å². The van der Waals surface area contributed by atoms with Crippen LogP contribution in [-0.2, 0) is 11.2 Å². The van der Waals surface area contributed by atoms with Gasteiger partial charge in [-0.25, -0.2) is 0 Å². The van der Waals surface area contributed by atoms with Gasteiger partial charge in [0.15, 0.2) is 0 Å². The van der Waals surface area contributed by atoms with Gasteiger partial charge in [-0.05, 0) is 48.7 Å². The second-order valence-corrected chi connectivity index (χ2v) is 5.35. The van der Waals surface area contributed by atoms with Crippen LogP contribution in [0.1, 0.15) is 18.1 Å². The molecule has 0 aromatic heterocycles. The van der Waals surface area contributed by atoms with E-state index >= 15 is 0 Å². The summed E-state index contributed by atoms with van der Waals surface area (Å²) in [7, 11) is 0. The molecule has 0 aliphatic heterocycles. The second-order valence-electron chi connectivity index (χ2n) is 4.91. The van der Waals surface area contributed by atoms with Gasteiger partial charge < -0.3 is 10.6 Å². The summed E-state index contributed by atoms with van der Waals surface area (Å²) in [5.41, 5.74) is 3.99. The van der Waals surface area contributed by atoms with E-state index in [9.17, 15) is 4.79 Å². The van der Waals surface area contributed by atoms with E-state index in [0.29, 0.717) is 5.02 Å². The summed E-state index contributed by atoms with van der Waals surface area (Å²) >= 11 is 5.95. The number of hydrogen-bond donors (Lipinski definition) is 2. The molecule has 0 aliphatic carbocycles. The lowest BCUT2D eigenvalue weighted by atomic mass is 10.1. The zero-order chi connectivity index (χ0) is 15.2. The van der Waals surface area contributed by atoms with Crippen LogP contribution in [0.2, 0.25) is 5.02 Å². The molecule has 0 radical (unpaired) electrons. The fraction of sp³-hybridized carbons (Fsp3) is 0.235. The number of amides is 1. The van der Waals surface area contributed by atoms with Crippen LogP contribution in [0, 0.1) is 6.92 Å². The summed E-state index contributed by atoms with van der Waals surface area (Å²) in [4.78, 5) is 11.9. The first-order chi connectivity index (χ1) is 10.1. The van der Waals surface area contributed by atoms with Crippen LogP contribution >= 0.6 is 11.6 Å². The van der Waals surface area contributed by atoms with Gasteiger partial charge in [0.1, 0.15) is 0 Å². The lowest BCUT2D eigenvalue weighted by Crippen LogP contribution is -2.22. The number of nitrogens with one attached hydrogen (secondary N) is 2. The van der Waals surface area contributed by atoms with Crippen LogP contribution in [0.25, 0.3) is 0 Å². The first-order valence-corrected chi connectivity index (χ1v) is 7.35. The minimum Gasteiger partial charge on any atom is -0.376 e. The molecule has 0 saturated carbocycles. The molecule has 4 heteroatoms. The molecule has 0 heterocycles. The Morgan fingerprint density at radius 3 is 2.52 bits per heavy atom. The fourth-order valence-electron chi connectivity index (χ4n) is 1.99. The molecular weight excluding hydrogens is 284 g/mol. The van der Waals surface area contributed by atoms with Crippen molar-refractivity contribution in [3.05, 3.63) is 58.6 Å². The highest BCUT2D eigenvalue weighted by molar-refractivity contribution is 6.30. The average Bonchev–Trinajstić information content (AvgIpc) is 2.49. The molecule has 0 fully saturated rings. The van der Waals surface area contributed by atoms with E-state index in [0.717, 1.165) is 23.4 Å². The van der Waals surface area contributed by atoms with Crippen LogP contribution < -0.4 is 10.6 Å². The van der Waals surface area contributed by atoms with Crippen molar-refractivity contribution in [1.29, 1.82) is 0 Å². The zero-order valence-electron chi connectivity index (χ0n) is 12.2. The Balaban J connectivity index is 1.91. The van der Waals surface area contributed by atoms with Crippen LogP contribution in [0.4, 0.5) is 11.4 Å². The Kier molecular flexibility index (Phi) is 5.23. The zero-order valence-corrected chi connectivity index (χ0v) is 13.0. The molecule has 0 spiro atoms. The van der Waals surface area contributed by atoms with E-state index in [-0.39, 0.29) is 12.5 Å². The third kappa shape index (κ3) is 4.50. The van der Waals surface area contributed by atoms with Crippen molar-refractivity contribution in [2.24, 2.45) is 0 Å². The average molecular weight is 303 g/mol. The largest absolute Gasteiger partial charge is 0.376 e. The van der Waals surface area contributed by atoms with Gasteiger partial charge >= 0.3 is 0 Å². The third-order valence-electron chi connectivity index (χ3n) is 3.28. The maximum Gasteiger partial charge on any atom is 0.243 e. The van der Waals surface area contributed by atoms with Gasteiger partial charge in [0, 0.05) is 16.4 Å². The predicted molar refractivity (Wildman–Crippen MR) is 89.1 cm³/mol. The Morgan fingerprint density at radius 2 is 1.86 bits per heavy atom. The minimum atomic E-state index is -0.0846. The van der Waals surface area contributed by atoms with Crippen LogP contribution in [-0.4, -0.2) is 12.5 Å². The topological polar surface area (TPSA) is 41.1 Å². The van der Waals surface area contributed by atoms with Crippen molar-refractivity contribution in [2.75, 3.05) is 17.2 Å². The molecule has 0 saturated heterocycles. The molecule has 2 aromatic rings. The molecule has 0 unspecified atom stereocenters. The quantitative estimate of drug-likeness (QED) is 0.866. The van der Waals surface area contributed by atoms with Gasteiger partial charge in [0.2, 0.25) is 5.91 Å². The predicted octanol–water partition coefficient (Wildman–Crippen LogP) is 4.26. The molecule has 21 heavy (non-hydrogen) atoms. The Morgan fingerprint density at radius 1 is 1.14 bits per heavy atom. The van der Waals surface area contributed by atoms with Crippen molar-refractivity contribution >= 4 is 28.9 Å². The van der Waals surface area contributed by atoms with Crippen molar-refractivity contribution < 1.29 is 4.79 Å². The third-order valence-corrected chi connectivity index (χ3v) is 3.52. The fourth-order valence-corrected chi connectivity index (χ4v) is 2.16. The summed E-state index contributed by atoms with van der Waals surface area (Å²) in [5.74, 6) is -0.0846. The molecular formula is C17H19ClN2O. The van der Waals surface area contributed by atoms with E-state index in [1.165, 1.54) is 5.56 Å². The van der Waals surface area contributed by atoms with E-state index in [1.807, 2.05) is 49.4 Å². The van der Waals surface area contributed by atoms with Gasteiger partial charge in [-0.2, -0.15) is 0 Å². The molecule has 2 rings (SSSR count). The maximum atomic E-state index is 11.9. The number of hydrogen-bond acceptors (Lipinski definition) is 2. The standard InChI is InChI=1S/C17H19ClN2O/c1-3-13-5-8-15(9-6-13)20-17(21)11-19-16-10-14(18)7-4-12(16)2/h4-10,19H,3,11H2,1-2H3,(H,20,21). The molecule has 110 valence electrons. The Hall–Kier alpha value is -2.00. The minimum absolute atomic E-state index is 0.0846. The summed E-state index contributed by atoms with van der Waals surface area (Å²) in [6, 6.07) is 13.4. The molecule has 2 aromatic carbocycles. The van der Waals surface area contributed by atoms with Crippen LogP contribution in [0.5, 0.6) is 0 Å². The normalized spacial score (nSPS) is 10.2. The number of aryl methyl sites for hydroxylation is 2. The van der Waals surface area contributed by atoms with Crippen molar-refractivity contribution in [1.82, 2.24) is 0 Å². The number of rotatable bonds is 5. The van der Waals surface area contributed by atoms with Crippen molar-refractivity contribution in [3.8, 4) is 0 Å². The highest BCUT2D eigenvalue weighted by Crippen LogP contribution is 2.19. The Bertz CT molecular complexity index is 623. The van der Waals surface area contributed by atoms with Gasteiger partial charge in [0.25, 0.3) is 0 Å². The number of anilines is 2. The van der Waals surface area contributed by atoms with Gasteiger partial charge in [-0.15, -0.1) is 0 Å². The molecule has 0 bridgehead atoms. The number of carbonyl (C=O) groups is 1. The molecule has 1 amide bonds. The molecule has 2 N–H and O–H groups in total. The lowest BCUT2D eigenvalue weighted by molar-refractivity contribution is -0.114. The highest BCUT2D eigenvalue weighted by atomic mass is 35.5. The highest BCUT2D eigenvalue weighted by Gasteiger charge is 2.04. The van der Waals surface area contributed by atoms with Crippen molar-refractivity contribution in [2.45, 2.75) is 20.3 Å². The summed E-state index contributed by atoms with van der Waals surface area (Å²) in [6.07, 6.45) is 0.990. The first-order valence-electron chi connectivity index (χ1n) is 6.97. The second kappa shape index (κ2) is 7.14. The molecule has 3 nitrogen and oxygen atoms in total. The monoisotopic (exact) mass is 302 g/mol. The van der Waals surface area contributed by atoms with E-state index < -0.39 is 0 Å². The summed E-state index contributed by atoms with van der Waals surface area (Å²) in [5, 5.41) is 6.61. The smallest absolute Gasteiger partial charge is 0.243 e. The number of benzene rings is 2. The number of halogens is 1. The van der Waals surface area contributed by atoms with E-state index in [2.05, 4.69) is 17.6 Å². The lowest BCUT2D eigenvalue weighted by Gasteiger charge is -2.10. The number of carbonyl (C=O) groups excluding carboxylic acids is 1. The van der Waals surface area contributed by atoms with Crippen LogP contribution in [0.15, 0.2) is 42.5 Å². The van der Waals surface area contributed by atoms with Crippen LogP contribution in [0.3, 0.4) is 0 Å².